The zero-order valence-electron chi connectivity index (χ0n) is 15.6. The summed E-state index contributed by atoms with van der Waals surface area (Å²) in [4.78, 5) is 37.1. The van der Waals surface area contributed by atoms with Crippen molar-refractivity contribution in [1.29, 1.82) is 0 Å². The molecule has 2 heterocycles. The molecule has 6 atom stereocenters. The van der Waals surface area contributed by atoms with E-state index >= 15 is 0 Å². The summed E-state index contributed by atoms with van der Waals surface area (Å²) in [7, 11) is 0. The van der Waals surface area contributed by atoms with Gasteiger partial charge in [-0.25, -0.2) is 9.78 Å². The first kappa shape index (κ1) is 16.3. The minimum atomic E-state index is -0.483. The zero-order chi connectivity index (χ0) is 18.1. The van der Waals surface area contributed by atoms with Gasteiger partial charge in [-0.1, -0.05) is 33.1 Å². The third-order valence-electron chi connectivity index (χ3n) is 7.80. The fourth-order valence-electron chi connectivity index (χ4n) is 7.29. The second-order valence-electron chi connectivity index (χ2n) is 8.91. The number of H-pyrrole nitrogens is 3. The van der Waals surface area contributed by atoms with Crippen LogP contribution >= 0.6 is 0 Å². The van der Waals surface area contributed by atoms with Gasteiger partial charge in [0.05, 0.1) is 0 Å². The van der Waals surface area contributed by atoms with E-state index in [0.29, 0.717) is 23.0 Å². The molecule has 2 aromatic heterocycles. The first-order valence-corrected chi connectivity index (χ1v) is 10.3. The predicted octanol–water partition coefficient (Wildman–Crippen LogP) is 3.07. The molecule has 3 N–H and O–H groups in total. The van der Waals surface area contributed by atoms with Crippen LogP contribution in [0.1, 0.15) is 64.6 Å². The molecule has 0 amide bonds. The fraction of sp³-hybridized carbons (Fsp3) is 0.750. The summed E-state index contributed by atoms with van der Waals surface area (Å²) < 4.78 is 0. The van der Waals surface area contributed by atoms with Crippen LogP contribution in [-0.2, 0) is 5.41 Å². The fourth-order valence-corrected chi connectivity index (χ4v) is 7.29. The van der Waals surface area contributed by atoms with Gasteiger partial charge in [-0.2, -0.15) is 0 Å². The quantitative estimate of drug-likeness (QED) is 0.768. The van der Waals surface area contributed by atoms with E-state index in [2.05, 4.69) is 28.8 Å². The molecule has 6 nitrogen and oxygen atoms in total. The molecule has 0 saturated heterocycles. The van der Waals surface area contributed by atoms with Gasteiger partial charge in [-0.15, -0.1) is 0 Å². The van der Waals surface area contributed by atoms with Gasteiger partial charge in [0.2, 0.25) is 0 Å². The Labute approximate surface area is 152 Å². The Morgan fingerprint density at radius 1 is 1.04 bits per heavy atom. The molecule has 4 aliphatic carbocycles. The highest BCUT2D eigenvalue weighted by molar-refractivity contribution is 5.69. The van der Waals surface area contributed by atoms with Crippen molar-refractivity contribution in [2.24, 2.45) is 29.6 Å². The number of hydrogen-bond donors (Lipinski definition) is 3. The average Bonchev–Trinajstić information content (AvgIpc) is 3.21. The molecular formula is C20H28N4O2. The van der Waals surface area contributed by atoms with E-state index in [9.17, 15) is 9.59 Å². The number of nitrogens with one attached hydrogen (secondary N) is 3. The third-order valence-corrected chi connectivity index (χ3v) is 7.80. The summed E-state index contributed by atoms with van der Waals surface area (Å²) in [5, 5.41) is 0. The molecule has 6 heteroatoms. The van der Waals surface area contributed by atoms with Gasteiger partial charge < -0.3 is 4.98 Å². The average molecular weight is 356 g/mol. The highest BCUT2D eigenvalue weighted by Crippen LogP contribution is 2.71. The lowest BCUT2D eigenvalue weighted by Crippen LogP contribution is -2.43. The van der Waals surface area contributed by atoms with Crippen LogP contribution in [0.3, 0.4) is 0 Å². The molecule has 6 unspecified atom stereocenters. The molecule has 4 saturated carbocycles. The van der Waals surface area contributed by atoms with Gasteiger partial charge in [-0.05, 0) is 55.3 Å². The van der Waals surface area contributed by atoms with E-state index in [1.807, 2.05) is 0 Å². The van der Waals surface area contributed by atoms with Crippen LogP contribution in [0.2, 0.25) is 0 Å². The zero-order valence-corrected chi connectivity index (χ0v) is 15.6. The number of imidazole rings is 1. The smallest absolute Gasteiger partial charge is 0.327 e. The number of nitrogens with zero attached hydrogens (tertiary/aromatic N) is 1. The van der Waals surface area contributed by atoms with Crippen molar-refractivity contribution in [1.82, 2.24) is 19.9 Å². The molecule has 0 radical (unpaired) electrons. The number of hydrogen-bond acceptors (Lipinski definition) is 3. The Morgan fingerprint density at radius 2 is 1.85 bits per heavy atom. The summed E-state index contributed by atoms with van der Waals surface area (Å²) >= 11 is 0. The van der Waals surface area contributed by atoms with E-state index in [1.165, 1.54) is 32.1 Å². The molecule has 0 aliphatic heterocycles. The minimum absolute atomic E-state index is 0.0502. The Bertz CT molecular complexity index is 957. The maximum Gasteiger partial charge on any atom is 0.327 e. The van der Waals surface area contributed by atoms with E-state index < -0.39 is 5.69 Å². The molecule has 0 aromatic carbocycles. The molecule has 140 valence electrons. The molecule has 4 aliphatic rings. The van der Waals surface area contributed by atoms with E-state index in [4.69, 9.17) is 4.98 Å². The lowest BCUT2D eigenvalue weighted by atomic mass is 9.59. The van der Waals surface area contributed by atoms with Gasteiger partial charge in [0, 0.05) is 5.41 Å². The molecule has 4 bridgehead atoms. The van der Waals surface area contributed by atoms with Gasteiger partial charge in [0.25, 0.3) is 5.56 Å². The standard InChI is InChI=1S/C20H28N4O2/c1-3-5-11-12-7-10-8-13(11)20(6-4-2,14(12)9-10)18-21-15-16(22-18)23-19(26)24-17(15)25/h10-14H,3-9H2,1-2H3,(H3,21,22,23,24,25,26). The normalized spacial score (nSPS) is 37.8. The molecule has 26 heavy (non-hydrogen) atoms. The second-order valence-corrected chi connectivity index (χ2v) is 8.91. The van der Waals surface area contributed by atoms with Gasteiger partial charge in [0.15, 0.2) is 5.65 Å². The van der Waals surface area contributed by atoms with Gasteiger partial charge in [-0.3, -0.25) is 14.8 Å². The second kappa shape index (κ2) is 5.57. The van der Waals surface area contributed by atoms with Crippen molar-refractivity contribution in [2.45, 2.75) is 64.2 Å². The summed E-state index contributed by atoms with van der Waals surface area (Å²) in [6.07, 6.45) is 8.79. The summed E-state index contributed by atoms with van der Waals surface area (Å²) in [6.45, 7) is 4.55. The highest BCUT2D eigenvalue weighted by atomic mass is 16.2. The summed E-state index contributed by atoms with van der Waals surface area (Å²) in [6, 6.07) is 0. The maximum atomic E-state index is 12.2. The molecule has 0 spiro atoms. The van der Waals surface area contributed by atoms with Crippen molar-refractivity contribution in [2.75, 3.05) is 0 Å². The van der Waals surface area contributed by atoms with E-state index in [-0.39, 0.29) is 11.0 Å². The first-order chi connectivity index (χ1) is 12.6. The largest absolute Gasteiger partial charge is 0.336 e. The number of aromatic amines is 3. The lowest BCUT2D eigenvalue weighted by molar-refractivity contribution is 0.0992. The van der Waals surface area contributed by atoms with Crippen molar-refractivity contribution in [3.63, 3.8) is 0 Å². The van der Waals surface area contributed by atoms with Crippen molar-refractivity contribution in [3.05, 3.63) is 26.7 Å². The first-order valence-electron chi connectivity index (χ1n) is 10.3. The van der Waals surface area contributed by atoms with Gasteiger partial charge in [0.1, 0.15) is 11.3 Å². The van der Waals surface area contributed by atoms with Crippen LogP contribution in [0.15, 0.2) is 9.59 Å². The van der Waals surface area contributed by atoms with Crippen LogP contribution < -0.4 is 11.2 Å². The maximum absolute atomic E-state index is 12.2. The number of aromatic nitrogens is 4. The number of fused-ring (bicyclic) bond motifs is 1. The number of rotatable bonds is 5. The monoisotopic (exact) mass is 356 g/mol. The molecule has 6 rings (SSSR count). The highest BCUT2D eigenvalue weighted by Gasteiger charge is 2.67. The van der Waals surface area contributed by atoms with Crippen LogP contribution in [0, 0.1) is 29.6 Å². The van der Waals surface area contributed by atoms with Gasteiger partial charge >= 0.3 is 5.69 Å². The van der Waals surface area contributed by atoms with Crippen LogP contribution in [0.5, 0.6) is 0 Å². The van der Waals surface area contributed by atoms with E-state index in [0.717, 1.165) is 36.4 Å². The minimum Gasteiger partial charge on any atom is -0.336 e. The Kier molecular flexibility index (Phi) is 3.50. The van der Waals surface area contributed by atoms with Crippen LogP contribution in [0.4, 0.5) is 0 Å². The lowest BCUT2D eigenvalue weighted by Gasteiger charge is -2.45. The van der Waals surface area contributed by atoms with Crippen molar-refractivity contribution >= 4 is 11.2 Å². The third kappa shape index (κ3) is 1.96. The Morgan fingerprint density at radius 3 is 2.62 bits per heavy atom. The SMILES string of the molecule is CCCC1C2CC3CC1C(CCC)(c1nc4[nH]c(=O)[nH]c(=O)c4[nH]1)C2C3. The molecule has 4 fully saturated rings. The molecular weight excluding hydrogens is 328 g/mol. The van der Waals surface area contributed by atoms with Crippen molar-refractivity contribution < 1.29 is 0 Å². The summed E-state index contributed by atoms with van der Waals surface area (Å²) in [5.41, 5.74) is 0.0248. The Balaban J connectivity index is 1.70. The predicted molar refractivity (Wildman–Crippen MR) is 100 cm³/mol. The van der Waals surface area contributed by atoms with E-state index in [1.54, 1.807) is 0 Å². The summed E-state index contributed by atoms with van der Waals surface area (Å²) in [5.74, 6) is 4.79. The van der Waals surface area contributed by atoms with Crippen LogP contribution in [-0.4, -0.2) is 19.9 Å². The van der Waals surface area contributed by atoms with Crippen LogP contribution in [0.25, 0.3) is 11.2 Å². The van der Waals surface area contributed by atoms with Crippen molar-refractivity contribution in [3.8, 4) is 0 Å². The molecule has 2 aromatic rings. The topological polar surface area (TPSA) is 94.4 Å². The Hall–Kier alpha value is -1.85.